The Labute approximate surface area is 86.1 Å². The maximum absolute atomic E-state index is 11.9. The molecule has 0 aliphatic heterocycles. The van der Waals surface area contributed by atoms with Crippen LogP contribution in [-0.4, -0.2) is 35.6 Å². The third-order valence-corrected chi connectivity index (χ3v) is 2.98. The number of rotatable bonds is 5. The molecule has 0 atom stereocenters. The van der Waals surface area contributed by atoms with Crippen molar-refractivity contribution in [2.75, 3.05) is 19.7 Å². The van der Waals surface area contributed by atoms with Crippen molar-refractivity contribution in [3.05, 3.63) is 0 Å². The standard InChI is InChI=1S/C11H21NO2/c1-2-12(8-5-9-13)11(14)10-6-3-4-7-10/h10,13H,2-9H2,1H3. The fourth-order valence-corrected chi connectivity index (χ4v) is 2.12. The number of carbonyl (C=O) groups is 1. The summed E-state index contributed by atoms with van der Waals surface area (Å²) < 4.78 is 0. The molecule has 1 saturated carbocycles. The molecule has 1 aliphatic carbocycles. The first kappa shape index (κ1) is 11.5. The van der Waals surface area contributed by atoms with Crippen LogP contribution in [-0.2, 0) is 4.79 Å². The lowest BCUT2D eigenvalue weighted by Gasteiger charge is -2.23. The zero-order chi connectivity index (χ0) is 10.4. The average molecular weight is 199 g/mol. The van der Waals surface area contributed by atoms with E-state index in [0.717, 1.165) is 19.4 Å². The first-order valence-corrected chi connectivity index (χ1v) is 5.69. The molecule has 3 heteroatoms. The summed E-state index contributed by atoms with van der Waals surface area (Å²) >= 11 is 0. The monoisotopic (exact) mass is 199 g/mol. The summed E-state index contributed by atoms with van der Waals surface area (Å²) in [5.74, 6) is 0.576. The highest BCUT2D eigenvalue weighted by Crippen LogP contribution is 2.26. The number of amides is 1. The zero-order valence-corrected chi connectivity index (χ0v) is 9.04. The first-order chi connectivity index (χ1) is 6.79. The number of nitrogens with zero attached hydrogens (tertiary/aromatic N) is 1. The van der Waals surface area contributed by atoms with Gasteiger partial charge in [-0.3, -0.25) is 4.79 Å². The molecule has 0 aromatic rings. The summed E-state index contributed by atoms with van der Waals surface area (Å²) in [5.41, 5.74) is 0. The van der Waals surface area contributed by atoms with Crippen molar-refractivity contribution in [2.45, 2.75) is 39.0 Å². The molecule has 1 N–H and O–H groups in total. The van der Waals surface area contributed by atoms with Crippen molar-refractivity contribution >= 4 is 5.91 Å². The van der Waals surface area contributed by atoms with Crippen LogP contribution in [0.5, 0.6) is 0 Å². The van der Waals surface area contributed by atoms with Gasteiger partial charge in [0.1, 0.15) is 0 Å². The fraction of sp³-hybridized carbons (Fsp3) is 0.909. The van der Waals surface area contributed by atoms with Gasteiger partial charge in [-0.1, -0.05) is 12.8 Å². The lowest BCUT2D eigenvalue weighted by atomic mass is 10.1. The molecule has 0 radical (unpaired) electrons. The Morgan fingerprint density at radius 1 is 1.43 bits per heavy atom. The Kier molecular flexibility index (Phi) is 4.94. The molecule has 0 bridgehead atoms. The Bertz CT molecular complexity index is 176. The summed E-state index contributed by atoms with van der Waals surface area (Å²) in [6, 6.07) is 0. The van der Waals surface area contributed by atoms with Crippen molar-refractivity contribution in [3.63, 3.8) is 0 Å². The number of hydrogen-bond donors (Lipinski definition) is 1. The molecule has 0 aromatic heterocycles. The normalized spacial score (nSPS) is 17.3. The van der Waals surface area contributed by atoms with Crippen LogP contribution in [0.15, 0.2) is 0 Å². The Hall–Kier alpha value is -0.570. The van der Waals surface area contributed by atoms with Crippen LogP contribution in [0.1, 0.15) is 39.0 Å². The van der Waals surface area contributed by atoms with Gasteiger partial charge in [0.05, 0.1) is 0 Å². The summed E-state index contributed by atoms with van der Waals surface area (Å²) in [5, 5.41) is 8.72. The molecule has 0 heterocycles. The molecule has 1 amide bonds. The molecular formula is C11H21NO2. The van der Waals surface area contributed by atoms with E-state index in [1.54, 1.807) is 0 Å². The minimum absolute atomic E-state index is 0.175. The first-order valence-electron chi connectivity index (χ1n) is 5.69. The third kappa shape index (κ3) is 2.98. The summed E-state index contributed by atoms with van der Waals surface area (Å²) in [7, 11) is 0. The molecule has 82 valence electrons. The Morgan fingerprint density at radius 2 is 2.07 bits per heavy atom. The van der Waals surface area contributed by atoms with Crippen molar-refractivity contribution in [3.8, 4) is 0 Å². The van der Waals surface area contributed by atoms with E-state index in [0.29, 0.717) is 18.9 Å². The smallest absolute Gasteiger partial charge is 0.225 e. The van der Waals surface area contributed by atoms with E-state index in [2.05, 4.69) is 0 Å². The van der Waals surface area contributed by atoms with Gasteiger partial charge in [0.25, 0.3) is 0 Å². The van der Waals surface area contributed by atoms with E-state index in [1.807, 2.05) is 11.8 Å². The van der Waals surface area contributed by atoms with Gasteiger partial charge in [-0.05, 0) is 26.2 Å². The maximum Gasteiger partial charge on any atom is 0.225 e. The van der Waals surface area contributed by atoms with Crippen molar-refractivity contribution in [2.24, 2.45) is 5.92 Å². The summed E-state index contributed by atoms with van der Waals surface area (Å²) in [6.07, 6.45) is 5.23. The van der Waals surface area contributed by atoms with E-state index in [4.69, 9.17) is 5.11 Å². The molecule has 0 spiro atoms. The fourth-order valence-electron chi connectivity index (χ4n) is 2.12. The lowest BCUT2D eigenvalue weighted by Crippen LogP contribution is -2.36. The Balaban J connectivity index is 2.37. The topological polar surface area (TPSA) is 40.5 Å². The Morgan fingerprint density at radius 3 is 2.57 bits per heavy atom. The SMILES string of the molecule is CCN(CCCO)C(=O)C1CCCC1. The van der Waals surface area contributed by atoms with Gasteiger partial charge in [-0.25, -0.2) is 0 Å². The highest BCUT2D eigenvalue weighted by atomic mass is 16.3. The molecule has 1 fully saturated rings. The highest BCUT2D eigenvalue weighted by molar-refractivity contribution is 5.79. The molecule has 3 nitrogen and oxygen atoms in total. The summed E-state index contributed by atoms with van der Waals surface area (Å²) in [6.45, 7) is 3.66. The largest absolute Gasteiger partial charge is 0.396 e. The van der Waals surface area contributed by atoms with Crippen molar-refractivity contribution in [1.82, 2.24) is 4.90 Å². The van der Waals surface area contributed by atoms with E-state index < -0.39 is 0 Å². The molecule has 1 aliphatic rings. The van der Waals surface area contributed by atoms with Crippen molar-refractivity contribution in [1.29, 1.82) is 0 Å². The quantitative estimate of drug-likeness (QED) is 0.727. The molecule has 0 unspecified atom stereocenters. The number of aliphatic hydroxyl groups excluding tert-OH is 1. The van der Waals surface area contributed by atoms with Crippen LogP contribution in [0.25, 0.3) is 0 Å². The third-order valence-electron chi connectivity index (χ3n) is 2.98. The van der Waals surface area contributed by atoms with Crippen LogP contribution in [0.3, 0.4) is 0 Å². The molecule has 1 rings (SSSR count). The second-order valence-corrected chi connectivity index (χ2v) is 3.98. The van der Waals surface area contributed by atoms with Crippen LogP contribution >= 0.6 is 0 Å². The molecule has 0 aromatic carbocycles. The van der Waals surface area contributed by atoms with Gasteiger partial charge in [0.15, 0.2) is 0 Å². The van der Waals surface area contributed by atoms with Crippen LogP contribution < -0.4 is 0 Å². The van der Waals surface area contributed by atoms with Gasteiger partial charge in [-0.2, -0.15) is 0 Å². The predicted molar refractivity (Wildman–Crippen MR) is 55.9 cm³/mol. The van der Waals surface area contributed by atoms with Crippen LogP contribution in [0.4, 0.5) is 0 Å². The summed E-state index contributed by atoms with van der Waals surface area (Å²) in [4.78, 5) is 13.8. The molecule has 0 saturated heterocycles. The molecule has 14 heavy (non-hydrogen) atoms. The van der Waals surface area contributed by atoms with E-state index in [1.165, 1.54) is 12.8 Å². The van der Waals surface area contributed by atoms with Crippen LogP contribution in [0, 0.1) is 5.92 Å². The lowest BCUT2D eigenvalue weighted by molar-refractivity contribution is -0.135. The minimum atomic E-state index is 0.175. The zero-order valence-electron chi connectivity index (χ0n) is 9.04. The van der Waals surface area contributed by atoms with Gasteiger partial charge >= 0.3 is 0 Å². The highest BCUT2D eigenvalue weighted by Gasteiger charge is 2.25. The maximum atomic E-state index is 11.9. The second-order valence-electron chi connectivity index (χ2n) is 3.98. The van der Waals surface area contributed by atoms with Gasteiger partial charge in [-0.15, -0.1) is 0 Å². The number of carbonyl (C=O) groups excluding carboxylic acids is 1. The van der Waals surface area contributed by atoms with E-state index in [-0.39, 0.29) is 12.5 Å². The minimum Gasteiger partial charge on any atom is -0.396 e. The van der Waals surface area contributed by atoms with Crippen molar-refractivity contribution < 1.29 is 9.90 Å². The predicted octanol–water partition coefficient (Wildman–Crippen LogP) is 1.41. The van der Waals surface area contributed by atoms with E-state index >= 15 is 0 Å². The second kappa shape index (κ2) is 6.02. The van der Waals surface area contributed by atoms with E-state index in [9.17, 15) is 4.79 Å². The molecular weight excluding hydrogens is 178 g/mol. The van der Waals surface area contributed by atoms with Gasteiger partial charge in [0.2, 0.25) is 5.91 Å². The average Bonchev–Trinajstić information content (AvgIpc) is 2.71. The van der Waals surface area contributed by atoms with Gasteiger partial charge < -0.3 is 10.0 Å². The van der Waals surface area contributed by atoms with Crippen LogP contribution in [0.2, 0.25) is 0 Å². The number of aliphatic hydroxyl groups is 1. The number of hydrogen-bond acceptors (Lipinski definition) is 2. The van der Waals surface area contributed by atoms with Gasteiger partial charge in [0, 0.05) is 25.6 Å².